The van der Waals surface area contributed by atoms with E-state index in [0.717, 1.165) is 53.9 Å². The van der Waals surface area contributed by atoms with E-state index >= 15 is 0 Å². The first-order valence-electron chi connectivity index (χ1n) is 12.6. The predicted octanol–water partition coefficient (Wildman–Crippen LogP) is 6.96. The highest BCUT2D eigenvalue weighted by Crippen LogP contribution is 2.56. The summed E-state index contributed by atoms with van der Waals surface area (Å²) in [5.41, 5.74) is 0. The van der Waals surface area contributed by atoms with Gasteiger partial charge in [-0.1, -0.05) is 0 Å². The zero-order valence-electron chi connectivity index (χ0n) is 23.7. The van der Waals surface area contributed by atoms with Crippen LogP contribution in [0.15, 0.2) is 36.4 Å². The van der Waals surface area contributed by atoms with Gasteiger partial charge in [-0.2, -0.15) is 0 Å². The number of methoxy groups -OCH3 is 8. The van der Waals surface area contributed by atoms with Crippen LogP contribution in [0.5, 0.6) is 46.0 Å². The van der Waals surface area contributed by atoms with Gasteiger partial charge in [-0.3, -0.25) is 0 Å². The van der Waals surface area contributed by atoms with E-state index in [1.165, 1.54) is 0 Å². The molecular weight excluding hydrogens is 512 g/mol. The largest absolute Gasteiger partial charge is 0.493 e. The summed E-state index contributed by atoms with van der Waals surface area (Å²) in [6.45, 7) is 0. The van der Waals surface area contributed by atoms with Crippen molar-refractivity contribution in [3.8, 4) is 46.0 Å². The summed E-state index contributed by atoms with van der Waals surface area (Å²) in [5.74, 6) is 4.86. The topological polar surface area (TPSA) is 73.8 Å². The normalized spacial score (nSPS) is 11.5. The maximum absolute atomic E-state index is 6.03. The Morgan fingerprint density at radius 2 is 0.525 bits per heavy atom. The number of fused-ring (bicyclic) bond motifs is 6. The highest BCUT2D eigenvalue weighted by Gasteiger charge is 2.27. The molecule has 0 N–H and O–H groups in total. The Morgan fingerprint density at radius 1 is 0.275 bits per heavy atom. The molecule has 0 spiro atoms. The van der Waals surface area contributed by atoms with Gasteiger partial charge in [0, 0.05) is 21.5 Å². The second kappa shape index (κ2) is 9.48. The maximum Gasteiger partial charge on any atom is 0.169 e. The first-order valence-corrected chi connectivity index (χ1v) is 12.6. The quantitative estimate of drug-likeness (QED) is 0.151. The summed E-state index contributed by atoms with van der Waals surface area (Å²) < 4.78 is 46.7. The molecule has 0 atom stereocenters. The minimum Gasteiger partial charge on any atom is -0.493 e. The third-order valence-electron chi connectivity index (χ3n) is 7.76. The fourth-order valence-corrected chi connectivity index (χ4v) is 6.06. The molecule has 6 aromatic carbocycles. The van der Waals surface area contributed by atoms with Gasteiger partial charge in [0.05, 0.1) is 56.9 Å². The van der Waals surface area contributed by atoms with E-state index in [1.807, 2.05) is 36.4 Å². The van der Waals surface area contributed by atoms with Crippen LogP contribution < -0.4 is 37.9 Å². The molecule has 0 fully saturated rings. The molecule has 0 saturated heterocycles. The fraction of sp³-hybridized carbons (Fsp3) is 0.250. The van der Waals surface area contributed by atoms with Gasteiger partial charge in [-0.25, -0.2) is 0 Å². The zero-order chi connectivity index (χ0) is 28.3. The van der Waals surface area contributed by atoms with Crippen LogP contribution in [0.4, 0.5) is 0 Å². The Bertz CT molecular complexity index is 1800. The maximum atomic E-state index is 6.03. The van der Waals surface area contributed by atoms with Crippen molar-refractivity contribution in [2.24, 2.45) is 0 Å². The van der Waals surface area contributed by atoms with Crippen LogP contribution in [0.3, 0.4) is 0 Å². The van der Waals surface area contributed by atoms with E-state index in [4.69, 9.17) is 37.9 Å². The summed E-state index contributed by atoms with van der Waals surface area (Å²) in [7, 11) is 13.1. The van der Waals surface area contributed by atoms with Crippen LogP contribution in [0, 0.1) is 0 Å². The molecule has 0 saturated carbocycles. The summed E-state index contributed by atoms with van der Waals surface area (Å²) in [6, 6.07) is 12.0. The van der Waals surface area contributed by atoms with Crippen LogP contribution >= 0.6 is 0 Å². The Labute approximate surface area is 231 Å². The SMILES string of the molecule is COc1cc2c(cc1OC)c1c(OC)c(OC)cc3c4cc(OC)c(OC)cc4c4c(OC)c(OC)cc2c4c31. The molecule has 0 heterocycles. The lowest BCUT2D eigenvalue weighted by molar-refractivity contribution is 0.355. The lowest BCUT2D eigenvalue weighted by Crippen LogP contribution is -2.00. The number of hydrogen-bond donors (Lipinski definition) is 0. The molecule has 0 aliphatic heterocycles. The van der Waals surface area contributed by atoms with Gasteiger partial charge in [0.25, 0.3) is 0 Å². The van der Waals surface area contributed by atoms with Crippen LogP contribution in [-0.2, 0) is 0 Å². The van der Waals surface area contributed by atoms with Gasteiger partial charge in [0.2, 0.25) is 0 Å². The summed E-state index contributed by atoms with van der Waals surface area (Å²) in [6.07, 6.45) is 0. The standard InChI is InChI=1S/C32H30O8/c1-33-21-9-15-17-13-25(37-5)32(40-8)30-20-12-24(36-4)22(34-2)10-16(20)18-14-26(38-6)31(39-7)29(28(18)27(17)30)19(15)11-23(21)35-3/h9-14H,1-8H3. The van der Waals surface area contributed by atoms with Gasteiger partial charge in [-0.15, -0.1) is 0 Å². The first kappa shape index (κ1) is 25.6. The number of hydrogen-bond acceptors (Lipinski definition) is 8. The molecule has 8 heteroatoms. The molecule has 8 nitrogen and oxygen atoms in total. The average Bonchev–Trinajstić information content (AvgIpc) is 3.01. The molecule has 6 aromatic rings. The van der Waals surface area contributed by atoms with Crippen molar-refractivity contribution in [3.63, 3.8) is 0 Å². The second-order valence-electron chi connectivity index (χ2n) is 9.32. The Hall–Kier alpha value is -4.72. The van der Waals surface area contributed by atoms with Crippen LogP contribution in [0.2, 0.25) is 0 Å². The molecular formula is C32H30O8. The van der Waals surface area contributed by atoms with Crippen molar-refractivity contribution >= 4 is 53.9 Å². The third-order valence-corrected chi connectivity index (χ3v) is 7.76. The van der Waals surface area contributed by atoms with Gasteiger partial charge in [0.1, 0.15) is 0 Å². The van der Waals surface area contributed by atoms with Gasteiger partial charge in [-0.05, 0) is 68.7 Å². The predicted molar refractivity (Wildman–Crippen MR) is 158 cm³/mol. The van der Waals surface area contributed by atoms with E-state index in [-0.39, 0.29) is 0 Å². The highest BCUT2D eigenvalue weighted by atomic mass is 16.5. The van der Waals surface area contributed by atoms with Crippen molar-refractivity contribution in [3.05, 3.63) is 36.4 Å². The van der Waals surface area contributed by atoms with Crippen molar-refractivity contribution in [2.45, 2.75) is 0 Å². The first-order chi connectivity index (χ1) is 19.5. The van der Waals surface area contributed by atoms with Crippen molar-refractivity contribution in [1.29, 1.82) is 0 Å². The van der Waals surface area contributed by atoms with E-state index in [9.17, 15) is 0 Å². The van der Waals surface area contributed by atoms with E-state index in [2.05, 4.69) is 0 Å². The lowest BCUT2D eigenvalue weighted by Gasteiger charge is -2.24. The monoisotopic (exact) mass is 542 g/mol. The Kier molecular flexibility index (Phi) is 6.06. The number of rotatable bonds is 8. The molecule has 0 radical (unpaired) electrons. The minimum absolute atomic E-state index is 0.602. The molecule has 0 aliphatic rings. The third kappa shape index (κ3) is 3.25. The van der Waals surface area contributed by atoms with Crippen molar-refractivity contribution < 1.29 is 37.9 Å². The highest BCUT2D eigenvalue weighted by molar-refractivity contribution is 6.42. The molecule has 6 rings (SSSR count). The van der Waals surface area contributed by atoms with Crippen LogP contribution in [-0.4, -0.2) is 56.9 Å². The van der Waals surface area contributed by atoms with Gasteiger partial charge >= 0.3 is 0 Å². The van der Waals surface area contributed by atoms with E-state index in [1.54, 1.807) is 56.9 Å². The second-order valence-corrected chi connectivity index (χ2v) is 9.32. The van der Waals surface area contributed by atoms with Crippen LogP contribution in [0.1, 0.15) is 0 Å². The molecule has 40 heavy (non-hydrogen) atoms. The van der Waals surface area contributed by atoms with E-state index in [0.29, 0.717) is 46.0 Å². The van der Waals surface area contributed by atoms with Gasteiger partial charge < -0.3 is 37.9 Å². The molecule has 0 amide bonds. The molecule has 0 unspecified atom stereocenters. The lowest BCUT2D eigenvalue weighted by atomic mass is 9.84. The Morgan fingerprint density at radius 3 is 0.800 bits per heavy atom. The summed E-state index contributed by atoms with van der Waals surface area (Å²) in [5, 5.41) is 9.37. The molecule has 206 valence electrons. The fourth-order valence-electron chi connectivity index (χ4n) is 6.06. The van der Waals surface area contributed by atoms with E-state index < -0.39 is 0 Å². The van der Waals surface area contributed by atoms with Crippen molar-refractivity contribution in [2.75, 3.05) is 56.9 Å². The molecule has 0 aliphatic carbocycles. The zero-order valence-corrected chi connectivity index (χ0v) is 23.7. The summed E-state index contributed by atoms with van der Waals surface area (Å²) >= 11 is 0. The minimum atomic E-state index is 0.602. The molecule has 0 aromatic heterocycles. The van der Waals surface area contributed by atoms with Gasteiger partial charge in [0.15, 0.2) is 46.0 Å². The average molecular weight is 543 g/mol. The Balaban J connectivity index is 2.08. The van der Waals surface area contributed by atoms with Crippen LogP contribution in [0.25, 0.3) is 53.9 Å². The van der Waals surface area contributed by atoms with Crippen molar-refractivity contribution in [1.82, 2.24) is 0 Å². The number of ether oxygens (including phenoxy) is 8. The summed E-state index contributed by atoms with van der Waals surface area (Å²) in [4.78, 5) is 0. The smallest absolute Gasteiger partial charge is 0.169 e. The number of benzene rings is 6. The molecule has 0 bridgehead atoms.